The van der Waals surface area contributed by atoms with E-state index < -0.39 is 0 Å². The molecule has 2 aliphatic rings. The first-order valence-electron chi connectivity index (χ1n) is 6.71. The van der Waals surface area contributed by atoms with Crippen LogP contribution in [0.1, 0.15) is 24.0 Å². The topological polar surface area (TPSA) is 79.5 Å². The molecule has 20 heavy (non-hydrogen) atoms. The number of fused-ring (bicyclic) bond motifs is 3. The normalized spacial score (nSPS) is 19.4. The zero-order chi connectivity index (χ0) is 13.2. The van der Waals surface area contributed by atoms with Crippen molar-refractivity contribution < 1.29 is 4.79 Å². The van der Waals surface area contributed by atoms with Gasteiger partial charge in [0, 0.05) is 30.1 Å². The first kappa shape index (κ1) is 14.8. The Labute approximate surface area is 124 Å². The van der Waals surface area contributed by atoms with E-state index in [-0.39, 0.29) is 24.2 Å². The van der Waals surface area contributed by atoms with Gasteiger partial charge in [-0.1, -0.05) is 6.07 Å². The van der Waals surface area contributed by atoms with Gasteiger partial charge in [-0.05, 0) is 37.1 Å². The molecule has 1 aliphatic carbocycles. The van der Waals surface area contributed by atoms with Crippen LogP contribution in [0.4, 0.5) is 5.69 Å². The maximum absolute atomic E-state index is 11.4. The van der Waals surface area contributed by atoms with Crippen LogP contribution in [0.15, 0.2) is 23.3 Å². The van der Waals surface area contributed by atoms with Crippen LogP contribution in [0.2, 0.25) is 0 Å². The van der Waals surface area contributed by atoms with E-state index in [0.717, 1.165) is 30.8 Å². The average Bonchev–Trinajstić information content (AvgIpc) is 2.75. The van der Waals surface area contributed by atoms with Crippen LogP contribution in [0.5, 0.6) is 0 Å². The van der Waals surface area contributed by atoms with E-state index in [1.165, 1.54) is 11.1 Å². The summed E-state index contributed by atoms with van der Waals surface area (Å²) in [5, 5.41) is 7.56. The van der Waals surface area contributed by atoms with Crippen molar-refractivity contribution in [3.8, 4) is 0 Å². The lowest BCUT2D eigenvalue weighted by atomic mass is 9.99. The molecule has 6 heteroatoms. The van der Waals surface area contributed by atoms with Crippen LogP contribution in [0.25, 0.3) is 0 Å². The maximum atomic E-state index is 11.4. The number of benzene rings is 1. The van der Waals surface area contributed by atoms with E-state index in [1.807, 2.05) is 0 Å². The van der Waals surface area contributed by atoms with Gasteiger partial charge in [0.2, 0.25) is 5.91 Å². The molecule has 0 fully saturated rings. The summed E-state index contributed by atoms with van der Waals surface area (Å²) in [7, 11) is 0. The third kappa shape index (κ3) is 2.78. The molecule has 1 atom stereocenters. The van der Waals surface area contributed by atoms with Crippen LogP contribution < -0.4 is 16.5 Å². The van der Waals surface area contributed by atoms with Crippen LogP contribution in [0.3, 0.4) is 0 Å². The smallest absolute Gasteiger partial charge is 0.240 e. The minimum Gasteiger partial charge on any atom is -0.385 e. The predicted molar refractivity (Wildman–Crippen MR) is 82.3 cm³/mol. The van der Waals surface area contributed by atoms with Gasteiger partial charge in [0.05, 0.1) is 5.71 Å². The molecule has 0 aromatic heterocycles. The lowest BCUT2D eigenvalue weighted by Gasteiger charge is -2.15. The molecule has 0 bridgehead atoms. The fourth-order valence-electron chi connectivity index (χ4n) is 2.75. The summed E-state index contributed by atoms with van der Waals surface area (Å²) in [5.74, 6) is 0.269. The molecule has 1 aromatic carbocycles. The lowest BCUT2D eigenvalue weighted by molar-refractivity contribution is -0.121. The second-order valence-electron chi connectivity index (χ2n) is 5.08. The van der Waals surface area contributed by atoms with Crippen molar-refractivity contribution in [2.45, 2.75) is 19.3 Å². The molecule has 1 amide bonds. The van der Waals surface area contributed by atoms with Crippen molar-refractivity contribution in [1.82, 2.24) is 5.43 Å². The molecule has 1 aliphatic heterocycles. The van der Waals surface area contributed by atoms with Gasteiger partial charge >= 0.3 is 0 Å². The molecule has 0 saturated heterocycles. The van der Waals surface area contributed by atoms with E-state index in [1.54, 1.807) is 0 Å². The van der Waals surface area contributed by atoms with Crippen molar-refractivity contribution in [1.29, 1.82) is 0 Å². The third-order valence-electron chi connectivity index (χ3n) is 3.68. The van der Waals surface area contributed by atoms with E-state index in [2.05, 4.69) is 34.0 Å². The quantitative estimate of drug-likeness (QED) is 0.732. The molecule has 1 aromatic rings. The zero-order valence-corrected chi connectivity index (χ0v) is 12.0. The highest BCUT2D eigenvalue weighted by Crippen LogP contribution is 2.32. The van der Waals surface area contributed by atoms with Crippen molar-refractivity contribution >= 4 is 29.7 Å². The summed E-state index contributed by atoms with van der Waals surface area (Å²) in [4.78, 5) is 11.4. The molecular weight excluding hydrogens is 276 g/mol. The Balaban J connectivity index is 0.00000147. The predicted octanol–water partition coefficient (Wildman–Crippen LogP) is 1.27. The van der Waals surface area contributed by atoms with E-state index in [4.69, 9.17) is 5.73 Å². The van der Waals surface area contributed by atoms with Crippen molar-refractivity contribution in [2.24, 2.45) is 16.8 Å². The molecule has 5 nitrogen and oxygen atoms in total. The molecular formula is C14H19ClN4O. The summed E-state index contributed by atoms with van der Waals surface area (Å²) in [6, 6.07) is 6.32. The second kappa shape index (κ2) is 6.24. The minimum absolute atomic E-state index is 0. The van der Waals surface area contributed by atoms with Crippen LogP contribution in [-0.4, -0.2) is 24.7 Å². The van der Waals surface area contributed by atoms with Gasteiger partial charge in [0.15, 0.2) is 0 Å². The minimum atomic E-state index is 0. The summed E-state index contributed by atoms with van der Waals surface area (Å²) in [5.41, 5.74) is 12.6. The number of anilines is 1. The Hall–Kier alpha value is -1.59. The molecule has 3 rings (SSSR count). The first-order valence-corrected chi connectivity index (χ1v) is 6.71. The molecule has 1 heterocycles. The van der Waals surface area contributed by atoms with Gasteiger partial charge in [-0.25, -0.2) is 5.43 Å². The summed E-state index contributed by atoms with van der Waals surface area (Å²) >= 11 is 0. The van der Waals surface area contributed by atoms with Crippen molar-refractivity contribution in [3.63, 3.8) is 0 Å². The number of rotatable bonds is 4. The van der Waals surface area contributed by atoms with Gasteiger partial charge in [-0.2, -0.15) is 5.10 Å². The number of nitrogens with two attached hydrogens (primary N) is 1. The van der Waals surface area contributed by atoms with Crippen LogP contribution in [0, 0.1) is 5.92 Å². The SMILES string of the molecule is Cl.NCCCNc1ccc2c(c1)CC1CC(=O)NN=C21. The average molecular weight is 295 g/mol. The van der Waals surface area contributed by atoms with E-state index in [0.29, 0.717) is 13.0 Å². The number of amides is 1. The number of hydrogen-bond acceptors (Lipinski definition) is 4. The number of carbonyl (C=O) groups excluding carboxylic acids is 1. The molecule has 1 unspecified atom stereocenters. The Morgan fingerprint density at radius 1 is 1.40 bits per heavy atom. The van der Waals surface area contributed by atoms with Crippen molar-refractivity contribution in [3.05, 3.63) is 29.3 Å². The number of nitrogens with one attached hydrogen (secondary N) is 2. The van der Waals surface area contributed by atoms with Gasteiger partial charge in [-0.15, -0.1) is 12.4 Å². The second-order valence-corrected chi connectivity index (χ2v) is 5.08. The standard InChI is InChI=1S/C14H18N4O.ClH/c15-4-1-5-16-11-2-3-12-9(7-11)6-10-8-13(19)17-18-14(10)12;/h2-3,7,10,16H,1,4-6,8,15H2,(H,17,19);1H. The molecule has 0 saturated carbocycles. The Morgan fingerprint density at radius 2 is 2.25 bits per heavy atom. The highest BCUT2D eigenvalue weighted by Gasteiger charge is 2.33. The van der Waals surface area contributed by atoms with Gasteiger partial charge in [-0.3, -0.25) is 4.79 Å². The van der Waals surface area contributed by atoms with Crippen molar-refractivity contribution in [2.75, 3.05) is 18.4 Å². The molecule has 0 radical (unpaired) electrons. The molecule has 4 N–H and O–H groups in total. The zero-order valence-electron chi connectivity index (χ0n) is 11.2. The fraction of sp³-hybridized carbons (Fsp3) is 0.429. The highest BCUT2D eigenvalue weighted by molar-refractivity contribution is 6.09. The summed E-state index contributed by atoms with van der Waals surface area (Å²) < 4.78 is 0. The number of carbonyl (C=O) groups is 1. The maximum Gasteiger partial charge on any atom is 0.240 e. The number of hydrazone groups is 1. The Bertz CT molecular complexity index is 544. The van der Waals surface area contributed by atoms with E-state index in [9.17, 15) is 4.79 Å². The largest absolute Gasteiger partial charge is 0.385 e. The number of nitrogens with zero attached hydrogens (tertiary/aromatic N) is 1. The first-order chi connectivity index (χ1) is 9.28. The monoisotopic (exact) mass is 294 g/mol. The fourth-order valence-corrected chi connectivity index (χ4v) is 2.75. The van der Waals surface area contributed by atoms with Gasteiger partial charge < -0.3 is 11.1 Å². The van der Waals surface area contributed by atoms with Gasteiger partial charge in [0.25, 0.3) is 0 Å². The lowest BCUT2D eigenvalue weighted by Crippen LogP contribution is -2.31. The van der Waals surface area contributed by atoms with Crippen LogP contribution in [-0.2, 0) is 11.2 Å². The Morgan fingerprint density at radius 3 is 3.05 bits per heavy atom. The Kier molecular flexibility index (Phi) is 4.62. The van der Waals surface area contributed by atoms with E-state index >= 15 is 0 Å². The number of hydrogen-bond donors (Lipinski definition) is 3. The summed E-state index contributed by atoms with van der Waals surface area (Å²) in [6.45, 7) is 1.59. The van der Waals surface area contributed by atoms with Crippen LogP contribution >= 0.6 is 12.4 Å². The highest BCUT2D eigenvalue weighted by atomic mass is 35.5. The third-order valence-corrected chi connectivity index (χ3v) is 3.68. The van der Waals surface area contributed by atoms with Gasteiger partial charge in [0.1, 0.15) is 0 Å². The molecule has 0 spiro atoms. The number of halogens is 1. The molecule has 108 valence electrons. The summed E-state index contributed by atoms with van der Waals surface area (Å²) in [6.07, 6.45) is 2.42.